The molecule has 0 saturated heterocycles. The second-order valence-electron chi connectivity index (χ2n) is 8.89. The molecule has 0 bridgehead atoms. The SMILES string of the molecule is Cc1cccc(-c2cc(-c3cn(Cc4cccc(C5(CC(=O)O)CCC5)n4)nn3)nc(N)n2)c1. The van der Waals surface area contributed by atoms with E-state index in [0.717, 1.165) is 47.5 Å². The predicted molar refractivity (Wildman–Crippen MR) is 127 cm³/mol. The molecular formula is C25H25N7O2. The van der Waals surface area contributed by atoms with E-state index in [-0.39, 0.29) is 17.8 Å². The van der Waals surface area contributed by atoms with Crippen LogP contribution in [-0.2, 0) is 16.8 Å². The van der Waals surface area contributed by atoms with Crippen LogP contribution in [0.15, 0.2) is 54.7 Å². The number of aryl methyl sites for hydroxylation is 1. The number of aromatic nitrogens is 6. The summed E-state index contributed by atoms with van der Waals surface area (Å²) in [6.45, 7) is 2.44. The third kappa shape index (κ3) is 4.36. The zero-order valence-electron chi connectivity index (χ0n) is 18.8. The molecule has 9 nitrogen and oxygen atoms in total. The molecule has 1 saturated carbocycles. The summed E-state index contributed by atoms with van der Waals surface area (Å²) in [5, 5.41) is 17.9. The highest BCUT2D eigenvalue weighted by Crippen LogP contribution is 2.45. The molecule has 3 heterocycles. The van der Waals surface area contributed by atoms with Crippen molar-refractivity contribution < 1.29 is 9.90 Å². The van der Waals surface area contributed by atoms with Crippen LogP contribution in [0.2, 0.25) is 0 Å². The largest absolute Gasteiger partial charge is 0.481 e. The van der Waals surface area contributed by atoms with Crippen LogP contribution < -0.4 is 5.73 Å². The topological polar surface area (TPSA) is 133 Å². The molecule has 1 aliphatic rings. The fraction of sp³-hybridized carbons (Fsp3) is 0.280. The molecule has 3 N–H and O–H groups in total. The van der Waals surface area contributed by atoms with Gasteiger partial charge in [0, 0.05) is 16.7 Å². The van der Waals surface area contributed by atoms with Gasteiger partial charge in [0.25, 0.3) is 0 Å². The van der Waals surface area contributed by atoms with E-state index in [0.29, 0.717) is 17.9 Å². The van der Waals surface area contributed by atoms with Crippen LogP contribution in [0.5, 0.6) is 0 Å². The average molecular weight is 456 g/mol. The summed E-state index contributed by atoms with van der Waals surface area (Å²) in [6, 6.07) is 15.6. The molecule has 0 unspecified atom stereocenters. The first-order chi connectivity index (χ1) is 16.4. The number of rotatable bonds is 7. The third-order valence-corrected chi connectivity index (χ3v) is 6.33. The molecule has 5 rings (SSSR count). The summed E-state index contributed by atoms with van der Waals surface area (Å²) in [7, 11) is 0. The number of aliphatic carboxylic acids is 1. The normalized spacial score (nSPS) is 14.5. The van der Waals surface area contributed by atoms with Gasteiger partial charge in [0.05, 0.1) is 36.2 Å². The highest BCUT2D eigenvalue weighted by Gasteiger charge is 2.41. The molecule has 1 fully saturated rings. The molecule has 0 amide bonds. The third-order valence-electron chi connectivity index (χ3n) is 6.33. The number of carbonyl (C=O) groups is 1. The van der Waals surface area contributed by atoms with Gasteiger partial charge in [0.1, 0.15) is 5.69 Å². The fourth-order valence-corrected chi connectivity index (χ4v) is 4.49. The van der Waals surface area contributed by atoms with Gasteiger partial charge in [0.15, 0.2) is 0 Å². The average Bonchev–Trinajstić information content (AvgIpc) is 3.24. The van der Waals surface area contributed by atoms with Gasteiger partial charge in [-0.3, -0.25) is 9.78 Å². The van der Waals surface area contributed by atoms with Crippen LogP contribution >= 0.6 is 0 Å². The van der Waals surface area contributed by atoms with Crippen LogP contribution in [0.1, 0.15) is 42.6 Å². The first-order valence-electron chi connectivity index (χ1n) is 11.2. The summed E-state index contributed by atoms with van der Waals surface area (Å²) in [4.78, 5) is 24.9. The molecule has 1 aliphatic carbocycles. The Balaban J connectivity index is 1.39. The molecule has 34 heavy (non-hydrogen) atoms. The van der Waals surface area contributed by atoms with Crippen molar-refractivity contribution >= 4 is 11.9 Å². The standard InChI is InChI=1S/C25H25N7O2/c1-16-5-2-6-17(11-16)19-12-20(29-24(26)28-19)21-15-32(31-30-21)14-18-7-3-8-22(27-18)25(9-4-10-25)13-23(33)34/h2-3,5-8,11-12,15H,4,9-10,13-14H2,1H3,(H,33,34)(H2,26,28,29). The Morgan fingerprint density at radius 3 is 2.59 bits per heavy atom. The summed E-state index contributed by atoms with van der Waals surface area (Å²) >= 11 is 0. The second-order valence-corrected chi connectivity index (χ2v) is 8.89. The van der Waals surface area contributed by atoms with E-state index in [1.165, 1.54) is 0 Å². The van der Waals surface area contributed by atoms with Crippen molar-refractivity contribution in [2.24, 2.45) is 0 Å². The second kappa shape index (κ2) is 8.66. The minimum atomic E-state index is -0.790. The summed E-state index contributed by atoms with van der Waals surface area (Å²) in [5.74, 6) is -0.621. The maximum absolute atomic E-state index is 11.4. The first kappa shape index (κ1) is 21.7. The lowest BCUT2D eigenvalue weighted by Gasteiger charge is -2.40. The van der Waals surface area contributed by atoms with E-state index in [1.54, 1.807) is 10.9 Å². The van der Waals surface area contributed by atoms with Crippen molar-refractivity contribution in [1.29, 1.82) is 0 Å². The summed E-state index contributed by atoms with van der Waals surface area (Å²) in [5.41, 5.74) is 11.2. The van der Waals surface area contributed by atoms with Crippen LogP contribution in [0.4, 0.5) is 5.95 Å². The lowest BCUT2D eigenvalue weighted by molar-refractivity contribution is -0.139. The van der Waals surface area contributed by atoms with Gasteiger partial charge in [-0.05, 0) is 44.0 Å². The smallest absolute Gasteiger partial charge is 0.304 e. The zero-order valence-corrected chi connectivity index (χ0v) is 18.8. The number of nitrogens with zero attached hydrogens (tertiary/aromatic N) is 6. The van der Waals surface area contributed by atoms with E-state index >= 15 is 0 Å². The van der Waals surface area contributed by atoms with Crippen molar-refractivity contribution in [2.45, 2.75) is 44.6 Å². The fourth-order valence-electron chi connectivity index (χ4n) is 4.49. The van der Waals surface area contributed by atoms with Gasteiger partial charge in [-0.1, -0.05) is 41.5 Å². The van der Waals surface area contributed by atoms with Crippen LogP contribution in [0.3, 0.4) is 0 Å². The maximum Gasteiger partial charge on any atom is 0.304 e. The van der Waals surface area contributed by atoms with Crippen molar-refractivity contribution in [3.05, 3.63) is 71.7 Å². The predicted octanol–water partition coefficient (Wildman–Crippen LogP) is 3.63. The minimum absolute atomic E-state index is 0.106. The number of hydrogen-bond acceptors (Lipinski definition) is 7. The van der Waals surface area contributed by atoms with Crippen LogP contribution in [0, 0.1) is 6.92 Å². The molecule has 172 valence electrons. The first-order valence-corrected chi connectivity index (χ1v) is 11.2. The van der Waals surface area contributed by atoms with E-state index in [9.17, 15) is 9.90 Å². The number of nitrogens with two attached hydrogens (primary N) is 1. The highest BCUT2D eigenvalue weighted by molar-refractivity contribution is 5.69. The number of pyridine rings is 1. The van der Waals surface area contributed by atoms with E-state index in [4.69, 9.17) is 10.7 Å². The van der Waals surface area contributed by atoms with Crippen molar-refractivity contribution in [1.82, 2.24) is 29.9 Å². The Kier molecular flexibility index (Phi) is 5.53. The number of carboxylic acids is 1. The Morgan fingerprint density at radius 1 is 1.06 bits per heavy atom. The molecular weight excluding hydrogens is 430 g/mol. The van der Waals surface area contributed by atoms with Crippen molar-refractivity contribution in [3.63, 3.8) is 0 Å². The molecule has 4 aromatic rings. The van der Waals surface area contributed by atoms with Gasteiger partial charge in [-0.2, -0.15) is 0 Å². The van der Waals surface area contributed by atoms with Gasteiger partial charge in [-0.25, -0.2) is 14.6 Å². The van der Waals surface area contributed by atoms with Gasteiger partial charge >= 0.3 is 5.97 Å². The Bertz CT molecular complexity index is 1360. The number of hydrogen-bond donors (Lipinski definition) is 2. The van der Waals surface area contributed by atoms with Crippen LogP contribution in [-0.4, -0.2) is 41.0 Å². The molecule has 9 heteroatoms. The molecule has 0 spiro atoms. The summed E-state index contributed by atoms with van der Waals surface area (Å²) in [6.07, 6.45) is 4.63. The Labute approximate surface area is 196 Å². The van der Waals surface area contributed by atoms with Crippen molar-refractivity contribution in [2.75, 3.05) is 5.73 Å². The Hall–Kier alpha value is -4.14. The lowest BCUT2D eigenvalue weighted by Crippen LogP contribution is -2.37. The molecule has 0 atom stereocenters. The van der Waals surface area contributed by atoms with Crippen LogP contribution in [0.25, 0.3) is 22.6 Å². The number of anilines is 1. The lowest BCUT2D eigenvalue weighted by atomic mass is 9.64. The number of benzene rings is 1. The highest BCUT2D eigenvalue weighted by atomic mass is 16.4. The van der Waals surface area contributed by atoms with Crippen molar-refractivity contribution in [3.8, 4) is 22.6 Å². The van der Waals surface area contributed by atoms with Gasteiger partial charge in [0.2, 0.25) is 5.95 Å². The minimum Gasteiger partial charge on any atom is -0.481 e. The maximum atomic E-state index is 11.4. The molecule has 1 aromatic carbocycles. The van der Waals surface area contributed by atoms with Gasteiger partial charge < -0.3 is 10.8 Å². The molecule has 0 radical (unpaired) electrons. The van der Waals surface area contributed by atoms with Gasteiger partial charge in [-0.15, -0.1) is 5.10 Å². The number of nitrogen functional groups attached to an aromatic ring is 1. The van der Waals surface area contributed by atoms with E-state index in [1.807, 2.05) is 55.5 Å². The number of carboxylic acid groups (broad SMARTS) is 1. The monoisotopic (exact) mass is 455 g/mol. The quantitative estimate of drug-likeness (QED) is 0.432. The van der Waals surface area contributed by atoms with E-state index in [2.05, 4.69) is 20.3 Å². The molecule has 3 aromatic heterocycles. The Morgan fingerprint density at radius 2 is 1.85 bits per heavy atom. The summed E-state index contributed by atoms with van der Waals surface area (Å²) < 4.78 is 1.69. The molecule has 0 aliphatic heterocycles. The van der Waals surface area contributed by atoms with E-state index < -0.39 is 5.97 Å². The zero-order chi connectivity index (χ0) is 23.7.